The van der Waals surface area contributed by atoms with Crippen LogP contribution in [-0.4, -0.2) is 10.1 Å². The molecule has 1 atom stereocenters. The van der Waals surface area contributed by atoms with Crippen molar-refractivity contribution >= 4 is 5.69 Å². The van der Waals surface area contributed by atoms with E-state index in [1.165, 1.54) is 12.3 Å². The molecule has 0 fully saturated rings. The van der Waals surface area contributed by atoms with Gasteiger partial charge in [0.2, 0.25) is 0 Å². The van der Waals surface area contributed by atoms with Crippen molar-refractivity contribution < 1.29 is 9.50 Å². The molecular formula is C13H13FN2O. The Balaban J connectivity index is 2.20. The van der Waals surface area contributed by atoms with Crippen molar-refractivity contribution in [1.82, 2.24) is 4.98 Å². The van der Waals surface area contributed by atoms with Crippen LogP contribution in [0, 0.1) is 5.82 Å². The fourth-order valence-corrected chi connectivity index (χ4v) is 1.68. The minimum absolute atomic E-state index is 0.183. The van der Waals surface area contributed by atoms with Crippen LogP contribution in [0.5, 0.6) is 0 Å². The highest BCUT2D eigenvalue weighted by Crippen LogP contribution is 2.23. The summed E-state index contributed by atoms with van der Waals surface area (Å²) in [6.45, 7) is 0. The van der Waals surface area contributed by atoms with Gasteiger partial charge in [-0.2, -0.15) is 0 Å². The molecule has 0 aliphatic carbocycles. The summed E-state index contributed by atoms with van der Waals surface area (Å²) < 4.78 is 13.4. The Hall–Kier alpha value is -1.94. The van der Waals surface area contributed by atoms with Gasteiger partial charge in [-0.1, -0.05) is 18.2 Å². The van der Waals surface area contributed by atoms with Crippen molar-refractivity contribution in [3.63, 3.8) is 0 Å². The molecule has 0 aliphatic rings. The number of benzene rings is 1. The molecule has 88 valence electrons. The molecule has 0 saturated carbocycles. The number of nitrogen functional groups attached to an aromatic ring is 1. The van der Waals surface area contributed by atoms with Gasteiger partial charge in [-0.15, -0.1) is 0 Å². The summed E-state index contributed by atoms with van der Waals surface area (Å²) in [5.41, 5.74) is 7.17. The van der Waals surface area contributed by atoms with Gasteiger partial charge in [0.1, 0.15) is 5.82 Å². The Morgan fingerprint density at radius 3 is 2.76 bits per heavy atom. The highest BCUT2D eigenvalue weighted by molar-refractivity contribution is 5.46. The summed E-state index contributed by atoms with van der Waals surface area (Å²) >= 11 is 0. The monoisotopic (exact) mass is 232 g/mol. The van der Waals surface area contributed by atoms with Crippen molar-refractivity contribution in [1.29, 1.82) is 0 Å². The number of hydrogen-bond acceptors (Lipinski definition) is 3. The van der Waals surface area contributed by atoms with Crippen molar-refractivity contribution in [2.45, 2.75) is 12.5 Å². The van der Waals surface area contributed by atoms with Crippen LogP contribution in [0.25, 0.3) is 0 Å². The van der Waals surface area contributed by atoms with Gasteiger partial charge < -0.3 is 10.8 Å². The quantitative estimate of drug-likeness (QED) is 0.851. The summed E-state index contributed by atoms with van der Waals surface area (Å²) in [6.07, 6.45) is 2.39. The molecule has 3 N–H and O–H groups in total. The Kier molecular flexibility index (Phi) is 3.35. The maximum atomic E-state index is 13.4. The lowest BCUT2D eigenvalue weighted by atomic mass is 10.0. The van der Waals surface area contributed by atoms with E-state index in [1.54, 1.807) is 30.5 Å². The number of anilines is 1. The number of pyridine rings is 1. The Morgan fingerprint density at radius 2 is 2.06 bits per heavy atom. The molecule has 0 spiro atoms. The third-order valence-electron chi connectivity index (χ3n) is 2.62. The van der Waals surface area contributed by atoms with Crippen molar-refractivity contribution in [3.8, 4) is 0 Å². The zero-order valence-electron chi connectivity index (χ0n) is 9.18. The smallest absolute Gasteiger partial charge is 0.126 e. The van der Waals surface area contributed by atoms with Gasteiger partial charge in [-0.05, 0) is 17.7 Å². The van der Waals surface area contributed by atoms with E-state index >= 15 is 0 Å². The molecule has 17 heavy (non-hydrogen) atoms. The first-order valence-corrected chi connectivity index (χ1v) is 5.29. The largest absolute Gasteiger partial charge is 0.398 e. The van der Waals surface area contributed by atoms with Gasteiger partial charge in [0.25, 0.3) is 0 Å². The molecule has 0 saturated heterocycles. The van der Waals surface area contributed by atoms with E-state index < -0.39 is 6.10 Å². The van der Waals surface area contributed by atoms with Crippen LogP contribution in [0.15, 0.2) is 42.7 Å². The molecule has 0 amide bonds. The van der Waals surface area contributed by atoms with E-state index in [1.807, 2.05) is 0 Å². The first-order chi connectivity index (χ1) is 8.18. The molecule has 1 aromatic carbocycles. The normalized spacial score (nSPS) is 12.4. The van der Waals surface area contributed by atoms with Gasteiger partial charge in [-0.3, -0.25) is 4.98 Å². The maximum Gasteiger partial charge on any atom is 0.126 e. The molecule has 0 aliphatic heterocycles. The molecule has 4 heteroatoms. The number of aliphatic hydroxyl groups excluding tert-OH is 1. The van der Waals surface area contributed by atoms with E-state index in [4.69, 9.17) is 5.73 Å². The highest BCUT2D eigenvalue weighted by Gasteiger charge is 2.13. The zero-order valence-corrected chi connectivity index (χ0v) is 9.18. The van der Waals surface area contributed by atoms with Gasteiger partial charge >= 0.3 is 0 Å². The second-order valence-electron chi connectivity index (χ2n) is 3.82. The molecule has 1 heterocycles. The molecule has 0 radical (unpaired) electrons. The zero-order chi connectivity index (χ0) is 12.3. The Bertz CT molecular complexity index is 516. The van der Waals surface area contributed by atoms with Gasteiger partial charge in [0.15, 0.2) is 0 Å². The second kappa shape index (κ2) is 4.93. The van der Waals surface area contributed by atoms with Gasteiger partial charge in [0.05, 0.1) is 6.10 Å². The third kappa shape index (κ3) is 2.60. The highest BCUT2D eigenvalue weighted by atomic mass is 19.1. The van der Waals surface area contributed by atoms with Gasteiger partial charge in [-0.25, -0.2) is 4.39 Å². The molecule has 1 unspecified atom stereocenters. The number of hydrogen-bond donors (Lipinski definition) is 2. The fourth-order valence-electron chi connectivity index (χ4n) is 1.68. The number of aliphatic hydroxyl groups is 1. The molecule has 2 rings (SSSR count). The van der Waals surface area contributed by atoms with Crippen LogP contribution in [0.2, 0.25) is 0 Å². The maximum absolute atomic E-state index is 13.4. The molecule has 2 aromatic rings. The minimum Gasteiger partial charge on any atom is -0.398 e. The van der Waals surface area contributed by atoms with Gasteiger partial charge in [0, 0.05) is 30.1 Å². The predicted molar refractivity (Wildman–Crippen MR) is 63.7 cm³/mol. The first kappa shape index (κ1) is 11.5. The van der Waals surface area contributed by atoms with E-state index in [9.17, 15) is 9.50 Å². The number of nitrogens with zero attached hydrogens (tertiary/aromatic N) is 1. The third-order valence-corrected chi connectivity index (χ3v) is 2.62. The van der Waals surface area contributed by atoms with E-state index in [-0.39, 0.29) is 12.2 Å². The van der Waals surface area contributed by atoms with Crippen LogP contribution in [0.1, 0.15) is 17.2 Å². The van der Waals surface area contributed by atoms with Crippen molar-refractivity contribution in [3.05, 3.63) is 59.7 Å². The first-order valence-electron chi connectivity index (χ1n) is 5.29. The minimum atomic E-state index is -0.847. The number of rotatable bonds is 3. The van der Waals surface area contributed by atoms with Crippen LogP contribution in [0.4, 0.5) is 10.1 Å². The fraction of sp³-hybridized carbons (Fsp3) is 0.154. The molecular weight excluding hydrogens is 219 g/mol. The van der Waals surface area contributed by atoms with E-state index in [0.717, 1.165) is 0 Å². The predicted octanol–water partition coefficient (Wildman–Crippen LogP) is 2.08. The average molecular weight is 232 g/mol. The standard InChI is InChI=1S/C13H13FN2O/c14-11-4-2-1-3-9(11)7-13(17)10-8-16-6-5-12(10)15/h1-6,8,13,17H,7H2,(H2,15,16). The Morgan fingerprint density at radius 1 is 1.29 bits per heavy atom. The number of halogens is 1. The summed E-state index contributed by atoms with van der Waals surface area (Å²) in [6, 6.07) is 7.97. The van der Waals surface area contributed by atoms with E-state index in [0.29, 0.717) is 16.8 Å². The van der Waals surface area contributed by atoms with Crippen molar-refractivity contribution in [2.24, 2.45) is 0 Å². The topological polar surface area (TPSA) is 59.1 Å². The average Bonchev–Trinajstić information content (AvgIpc) is 2.32. The second-order valence-corrected chi connectivity index (χ2v) is 3.82. The Labute approximate surface area is 98.7 Å². The molecule has 1 aromatic heterocycles. The van der Waals surface area contributed by atoms with Crippen LogP contribution in [0.3, 0.4) is 0 Å². The summed E-state index contributed by atoms with van der Waals surface area (Å²) in [4.78, 5) is 3.90. The summed E-state index contributed by atoms with van der Waals surface area (Å²) in [7, 11) is 0. The molecule has 3 nitrogen and oxygen atoms in total. The molecule has 0 bridgehead atoms. The SMILES string of the molecule is Nc1ccncc1C(O)Cc1ccccc1F. The van der Waals surface area contributed by atoms with Crippen molar-refractivity contribution in [2.75, 3.05) is 5.73 Å². The summed E-state index contributed by atoms with van der Waals surface area (Å²) in [5, 5.41) is 9.99. The van der Waals surface area contributed by atoms with Crippen LogP contribution >= 0.6 is 0 Å². The number of nitrogens with two attached hydrogens (primary N) is 1. The lowest BCUT2D eigenvalue weighted by Gasteiger charge is -2.13. The van der Waals surface area contributed by atoms with E-state index in [2.05, 4.69) is 4.98 Å². The summed E-state index contributed by atoms with van der Waals surface area (Å²) in [5.74, 6) is -0.325. The lowest BCUT2D eigenvalue weighted by Crippen LogP contribution is -2.06. The lowest BCUT2D eigenvalue weighted by molar-refractivity contribution is 0.177. The number of aromatic nitrogens is 1. The van der Waals surface area contributed by atoms with Crippen LogP contribution < -0.4 is 5.73 Å². The van der Waals surface area contributed by atoms with Crippen LogP contribution in [-0.2, 0) is 6.42 Å².